The predicted octanol–water partition coefficient (Wildman–Crippen LogP) is 0.445. The van der Waals surface area contributed by atoms with Gasteiger partial charge in [0, 0.05) is 0 Å². The Labute approximate surface area is 173 Å². The van der Waals surface area contributed by atoms with Crippen molar-refractivity contribution in [1.82, 2.24) is 5.32 Å². The Morgan fingerprint density at radius 3 is 1.90 bits per heavy atom. The molecule has 0 heterocycles. The van der Waals surface area contributed by atoms with Gasteiger partial charge in [-0.05, 0) is 24.0 Å². The molecule has 0 aliphatic carbocycles. The summed E-state index contributed by atoms with van der Waals surface area (Å²) in [4.78, 5) is 35.4. The molecule has 2 amide bonds. The topological polar surface area (TPSA) is 180 Å². The molecule has 2 aromatic rings. The summed E-state index contributed by atoms with van der Waals surface area (Å²) in [5.74, 6) is -2.18. The van der Waals surface area contributed by atoms with Gasteiger partial charge in [0.05, 0.1) is 17.1 Å². The van der Waals surface area contributed by atoms with Crippen LogP contribution >= 0.6 is 0 Å². The van der Waals surface area contributed by atoms with Crippen LogP contribution in [0.25, 0.3) is 0 Å². The van der Waals surface area contributed by atoms with Crippen molar-refractivity contribution in [2.24, 2.45) is 22.3 Å². The second kappa shape index (κ2) is 10.7. The van der Waals surface area contributed by atoms with Gasteiger partial charge in [-0.2, -0.15) is 0 Å². The minimum absolute atomic E-state index is 0.0481. The molecular weight excluding hydrogens is 388 g/mol. The molecular formula is C20H24N6O4. The van der Waals surface area contributed by atoms with Crippen LogP contribution in [0.2, 0.25) is 0 Å². The van der Waals surface area contributed by atoms with Crippen molar-refractivity contribution in [3.05, 3.63) is 81.9 Å². The van der Waals surface area contributed by atoms with Crippen molar-refractivity contribution < 1.29 is 14.6 Å². The number of carbonyl (C=O) groups excluding carboxylic acids is 2. The van der Waals surface area contributed by atoms with Gasteiger partial charge < -0.3 is 22.5 Å². The van der Waals surface area contributed by atoms with Gasteiger partial charge in [0.2, 0.25) is 11.8 Å². The number of primary amides is 1. The minimum Gasteiger partial charge on any atom is -0.381 e. The molecule has 2 atom stereocenters. The third kappa shape index (κ3) is 6.38. The summed E-state index contributed by atoms with van der Waals surface area (Å²) in [7, 11) is 0. The number of rotatable bonds is 10. The fourth-order valence-electron chi connectivity index (χ4n) is 2.99. The Kier molecular flexibility index (Phi) is 8.00. The van der Waals surface area contributed by atoms with Crippen LogP contribution in [0.3, 0.4) is 0 Å². The average molecular weight is 412 g/mol. The van der Waals surface area contributed by atoms with Crippen LogP contribution in [0, 0.1) is 10.1 Å². The van der Waals surface area contributed by atoms with Crippen molar-refractivity contribution in [3.8, 4) is 0 Å². The number of hydrogen-bond donors (Lipinski definition) is 4. The van der Waals surface area contributed by atoms with Gasteiger partial charge in [0.1, 0.15) is 6.04 Å². The molecule has 2 aromatic carbocycles. The Hall–Kier alpha value is -3.79. The zero-order chi connectivity index (χ0) is 22.1. The molecule has 0 saturated heterocycles. The van der Waals surface area contributed by atoms with E-state index >= 15 is 0 Å². The monoisotopic (exact) mass is 412 g/mol. The molecule has 10 heteroatoms. The van der Waals surface area contributed by atoms with Crippen LogP contribution in [-0.4, -0.2) is 34.8 Å². The summed E-state index contributed by atoms with van der Waals surface area (Å²) in [6.45, 7) is 0. The Bertz CT molecular complexity index is 865. The standard InChI is InChI=1S/C20H24N6O4/c21-15(18(22)25-26(29)30)11-12-16(19(23)27)24-20(28)17(13-7-3-1-4-8-13)14-9-5-2-6-10-14/h1-10,15-17H,11-12,21H2,(H2,22,25)(H2,23,27)(H,24,28)/t15?,16-/m0/s1. The van der Waals surface area contributed by atoms with Crippen molar-refractivity contribution in [3.63, 3.8) is 0 Å². The van der Waals surface area contributed by atoms with Gasteiger partial charge in [0.15, 0.2) is 10.9 Å². The number of hydrogen-bond acceptors (Lipinski definition) is 5. The van der Waals surface area contributed by atoms with Gasteiger partial charge >= 0.3 is 0 Å². The Balaban J connectivity index is 2.17. The largest absolute Gasteiger partial charge is 0.381 e. The number of hydrazone groups is 1. The molecule has 0 radical (unpaired) electrons. The lowest BCUT2D eigenvalue weighted by Gasteiger charge is -2.22. The second-order valence-corrected chi connectivity index (χ2v) is 6.66. The number of amides is 2. The van der Waals surface area contributed by atoms with E-state index in [0.717, 1.165) is 11.1 Å². The third-order valence-corrected chi connectivity index (χ3v) is 4.53. The second-order valence-electron chi connectivity index (χ2n) is 6.66. The first-order valence-electron chi connectivity index (χ1n) is 9.23. The van der Waals surface area contributed by atoms with Gasteiger partial charge in [0.25, 0.3) is 0 Å². The normalized spacial score (nSPS) is 13.5. The molecule has 7 N–H and O–H groups in total. The molecule has 30 heavy (non-hydrogen) atoms. The van der Waals surface area contributed by atoms with E-state index in [1.54, 1.807) is 0 Å². The molecule has 0 aromatic heterocycles. The lowest BCUT2D eigenvalue weighted by Crippen LogP contribution is -2.47. The first-order valence-corrected chi connectivity index (χ1v) is 9.23. The summed E-state index contributed by atoms with van der Waals surface area (Å²) >= 11 is 0. The van der Waals surface area contributed by atoms with E-state index in [4.69, 9.17) is 17.2 Å². The highest BCUT2D eigenvalue weighted by atomic mass is 16.7. The van der Waals surface area contributed by atoms with E-state index < -0.39 is 34.8 Å². The highest BCUT2D eigenvalue weighted by Crippen LogP contribution is 2.25. The van der Waals surface area contributed by atoms with Crippen LogP contribution < -0.4 is 22.5 Å². The minimum atomic E-state index is -1.03. The number of amidine groups is 1. The van der Waals surface area contributed by atoms with Crippen LogP contribution in [0.1, 0.15) is 29.9 Å². The maximum Gasteiger partial charge on any atom is 0.240 e. The molecule has 2 rings (SSSR count). The lowest BCUT2D eigenvalue weighted by molar-refractivity contribution is -0.485. The highest BCUT2D eigenvalue weighted by molar-refractivity contribution is 5.92. The number of nitrogens with zero attached hydrogens (tertiary/aromatic N) is 2. The summed E-state index contributed by atoms with van der Waals surface area (Å²) in [5.41, 5.74) is 18.2. The van der Waals surface area contributed by atoms with Crippen molar-refractivity contribution in [1.29, 1.82) is 0 Å². The Morgan fingerprint density at radius 1 is 0.967 bits per heavy atom. The zero-order valence-electron chi connectivity index (χ0n) is 16.2. The first kappa shape index (κ1) is 22.5. The summed E-state index contributed by atoms with van der Waals surface area (Å²) in [5, 5.41) is 15.1. The Morgan fingerprint density at radius 2 is 1.47 bits per heavy atom. The first-order chi connectivity index (χ1) is 14.3. The zero-order valence-corrected chi connectivity index (χ0v) is 16.2. The molecule has 0 aliphatic heterocycles. The van der Waals surface area contributed by atoms with Crippen LogP contribution in [0.4, 0.5) is 0 Å². The summed E-state index contributed by atoms with van der Waals surface area (Å²) < 4.78 is 0. The van der Waals surface area contributed by atoms with Crippen molar-refractivity contribution in [2.45, 2.75) is 30.8 Å². The number of nitrogens with one attached hydrogen (secondary N) is 1. The van der Waals surface area contributed by atoms with E-state index in [9.17, 15) is 19.7 Å². The SMILES string of the molecule is NC(=O)[C@H](CCC(N)C(N)=N[N+](=O)[O-])NC(=O)C(c1ccccc1)c1ccccc1. The van der Waals surface area contributed by atoms with E-state index in [-0.39, 0.29) is 18.7 Å². The van der Waals surface area contributed by atoms with Gasteiger partial charge in [-0.25, -0.2) is 10.1 Å². The number of benzene rings is 2. The average Bonchev–Trinajstić information content (AvgIpc) is 2.72. The van der Waals surface area contributed by atoms with Gasteiger partial charge in [-0.15, -0.1) is 0 Å². The van der Waals surface area contributed by atoms with Crippen LogP contribution in [-0.2, 0) is 9.59 Å². The predicted molar refractivity (Wildman–Crippen MR) is 112 cm³/mol. The maximum absolute atomic E-state index is 13.1. The molecule has 0 aliphatic rings. The van der Waals surface area contributed by atoms with E-state index in [2.05, 4.69) is 10.4 Å². The molecule has 10 nitrogen and oxygen atoms in total. The molecule has 0 spiro atoms. The number of carbonyl (C=O) groups is 2. The van der Waals surface area contributed by atoms with Crippen LogP contribution in [0.15, 0.2) is 65.8 Å². The van der Waals surface area contributed by atoms with Gasteiger partial charge in [-0.1, -0.05) is 60.7 Å². The summed E-state index contributed by atoms with van der Waals surface area (Å²) in [6, 6.07) is 16.3. The molecule has 0 fully saturated rings. The molecule has 158 valence electrons. The van der Waals surface area contributed by atoms with Crippen molar-refractivity contribution in [2.75, 3.05) is 0 Å². The van der Waals surface area contributed by atoms with Crippen molar-refractivity contribution >= 4 is 17.6 Å². The quantitative estimate of drug-likeness (QED) is 0.190. The fraction of sp³-hybridized carbons (Fsp3) is 0.250. The van der Waals surface area contributed by atoms with E-state index in [1.165, 1.54) is 0 Å². The van der Waals surface area contributed by atoms with E-state index in [0.29, 0.717) is 0 Å². The molecule has 0 saturated carbocycles. The smallest absolute Gasteiger partial charge is 0.240 e. The van der Waals surface area contributed by atoms with Gasteiger partial charge in [-0.3, -0.25) is 9.59 Å². The van der Waals surface area contributed by atoms with Crippen LogP contribution in [0.5, 0.6) is 0 Å². The highest BCUT2D eigenvalue weighted by Gasteiger charge is 2.27. The lowest BCUT2D eigenvalue weighted by atomic mass is 9.90. The third-order valence-electron chi connectivity index (χ3n) is 4.53. The molecule has 1 unspecified atom stereocenters. The summed E-state index contributed by atoms with van der Waals surface area (Å²) in [6.07, 6.45) is 0.116. The fourth-order valence-corrected chi connectivity index (χ4v) is 2.99. The van der Waals surface area contributed by atoms with E-state index in [1.807, 2.05) is 60.7 Å². The number of nitro groups is 1. The number of nitrogens with two attached hydrogens (primary N) is 3. The maximum atomic E-state index is 13.1. The molecule has 0 bridgehead atoms.